The van der Waals surface area contributed by atoms with Crippen LogP contribution in [0.25, 0.3) is 10.9 Å². The van der Waals surface area contributed by atoms with Gasteiger partial charge in [0.05, 0.1) is 12.1 Å². The van der Waals surface area contributed by atoms with Gasteiger partial charge in [-0.25, -0.2) is 0 Å². The Kier molecular flexibility index (Phi) is 5.23. The van der Waals surface area contributed by atoms with Gasteiger partial charge in [-0.15, -0.1) is 0 Å². The van der Waals surface area contributed by atoms with E-state index in [9.17, 15) is 4.79 Å². The fraction of sp³-hybridized carbons (Fsp3) is 0.263. The van der Waals surface area contributed by atoms with Crippen molar-refractivity contribution in [1.82, 2.24) is 20.4 Å². The summed E-state index contributed by atoms with van der Waals surface area (Å²) in [5.41, 5.74) is 2.62. The van der Waals surface area contributed by atoms with E-state index in [1.165, 1.54) is 0 Å². The summed E-state index contributed by atoms with van der Waals surface area (Å²) in [6.07, 6.45) is 0.894. The number of aromatic nitrogens is 2. The first-order chi connectivity index (χ1) is 11.8. The van der Waals surface area contributed by atoms with Crippen LogP contribution in [0.3, 0.4) is 0 Å². The zero-order valence-corrected chi connectivity index (χ0v) is 13.8. The van der Waals surface area contributed by atoms with Crippen molar-refractivity contribution in [3.05, 3.63) is 65.9 Å². The molecule has 0 bridgehead atoms. The van der Waals surface area contributed by atoms with E-state index < -0.39 is 0 Å². The van der Waals surface area contributed by atoms with Gasteiger partial charge in [0.25, 0.3) is 5.91 Å². The molecule has 0 saturated heterocycles. The Morgan fingerprint density at radius 3 is 2.58 bits per heavy atom. The second-order valence-electron chi connectivity index (χ2n) is 5.72. The van der Waals surface area contributed by atoms with Crippen molar-refractivity contribution >= 4 is 16.8 Å². The summed E-state index contributed by atoms with van der Waals surface area (Å²) in [7, 11) is 1.90. The van der Waals surface area contributed by atoms with Crippen molar-refractivity contribution in [3.63, 3.8) is 0 Å². The van der Waals surface area contributed by atoms with E-state index >= 15 is 0 Å². The molecular weight excluding hydrogens is 300 g/mol. The van der Waals surface area contributed by atoms with Crippen molar-refractivity contribution in [2.75, 3.05) is 20.1 Å². The molecule has 0 spiro atoms. The van der Waals surface area contributed by atoms with Crippen LogP contribution < -0.4 is 10.6 Å². The predicted molar refractivity (Wildman–Crippen MR) is 96.2 cm³/mol. The third-order valence-electron chi connectivity index (χ3n) is 3.94. The van der Waals surface area contributed by atoms with Gasteiger partial charge in [0.2, 0.25) is 0 Å². The Balaban J connectivity index is 1.85. The van der Waals surface area contributed by atoms with Crippen molar-refractivity contribution in [3.8, 4) is 0 Å². The van der Waals surface area contributed by atoms with Gasteiger partial charge in [-0.1, -0.05) is 48.5 Å². The van der Waals surface area contributed by atoms with Gasteiger partial charge < -0.3 is 10.6 Å². The van der Waals surface area contributed by atoms with Gasteiger partial charge >= 0.3 is 0 Å². The molecule has 5 nitrogen and oxygen atoms in total. The maximum Gasteiger partial charge on any atom is 0.272 e. The molecule has 2 aromatic carbocycles. The topological polar surface area (TPSA) is 58.9 Å². The average molecular weight is 322 g/mol. The van der Waals surface area contributed by atoms with E-state index in [2.05, 4.69) is 27.9 Å². The number of hydrogen-bond donors (Lipinski definition) is 2. The van der Waals surface area contributed by atoms with Gasteiger partial charge in [-0.3, -0.25) is 9.48 Å². The molecule has 124 valence electrons. The highest BCUT2D eigenvalue weighted by Crippen LogP contribution is 2.19. The van der Waals surface area contributed by atoms with Crippen LogP contribution in [0.2, 0.25) is 0 Å². The quantitative estimate of drug-likeness (QED) is 0.657. The van der Waals surface area contributed by atoms with Crippen LogP contribution in [-0.4, -0.2) is 35.8 Å². The third-order valence-corrected chi connectivity index (χ3v) is 3.94. The molecule has 0 radical (unpaired) electrons. The number of benzene rings is 2. The van der Waals surface area contributed by atoms with E-state index in [1.807, 2.05) is 54.2 Å². The number of carbonyl (C=O) groups excluding carboxylic acids is 1. The summed E-state index contributed by atoms with van der Waals surface area (Å²) in [4.78, 5) is 12.5. The Morgan fingerprint density at radius 1 is 1.04 bits per heavy atom. The monoisotopic (exact) mass is 322 g/mol. The Morgan fingerprint density at radius 2 is 1.79 bits per heavy atom. The van der Waals surface area contributed by atoms with E-state index in [0.717, 1.165) is 29.4 Å². The number of fused-ring (bicyclic) bond motifs is 1. The normalized spacial score (nSPS) is 10.9. The molecule has 1 aromatic heterocycles. The second kappa shape index (κ2) is 7.75. The number of hydrogen-bond acceptors (Lipinski definition) is 3. The maximum absolute atomic E-state index is 12.5. The molecule has 0 atom stereocenters. The van der Waals surface area contributed by atoms with Crippen LogP contribution in [-0.2, 0) is 6.54 Å². The average Bonchev–Trinajstić information content (AvgIpc) is 2.98. The Labute approximate surface area is 141 Å². The number of nitrogens with one attached hydrogen (secondary N) is 2. The molecule has 24 heavy (non-hydrogen) atoms. The zero-order valence-electron chi connectivity index (χ0n) is 13.8. The fourth-order valence-corrected chi connectivity index (χ4v) is 2.72. The van der Waals surface area contributed by atoms with E-state index in [-0.39, 0.29) is 5.91 Å². The molecule has 1 amide bonds. The summed E-state index contributed by atoms with van der Waals surface area (Å²) in [5, 5.41) is 11.5. The molecular formula is C19H22N4O. The highest BCUT2D eigenvalue weighted by molar-refractivity contribution is 6.04. The minimum absolute atomic E-state index is 0.117. The number of para-hydroxylation sites is 1. The molecule has 0 saturated carbocycles. The van der Waals surface area contributed by atoms with Crippen LogP contribution in [0, 0.1) is 0 Å². The maximum atomic E-state index is 12.5. The predicted octanol–water partition coefficient (Wildman–Crippen LogP) is 2.42. The lowest BCUT2D eigenvalue weighted by molar-refractivity contribution is 0.0949. The molecule has 1 heterocycles. The molecule has 0 aliphatic carbocycles. The minimum atomic E-state index is -0.117. The van der Waals surface area contributed by atoms with E-state index in [4.69, 9.17) is 0 Å². The van der Waals surface area contributed by atoms with Crippen molar-refractivity contribution in [2.24, 2.45) is 0 Å². The number of amides is 1. The fourth-order valence-electron chi connectivity index (χ4n) is 2.72. The second-order valence-corrected chi connectivity index (χ2v) is 5.72. The van der Waals surface area contributed by atoms with Crippen LogP contribution in [0.4, 0.5) is 0 Å². The first-order valence-corrected chi connectivity index (χ1v) is 8.22. The first kappa shape index (κ1) is 16.2. The number of carbonyl (C=O) groups is 1. The van der Waals surface area contributed by atoms with Crippen LogP contribution >= 0.6 is 0 Å². The lowest BCUT2D eigenvalue weighted by atomic mass is 10.2. The summed E-state index contributed by atoms with van der Waals surface area (Å²) in [6, 6.07) is 18.0. The molecule has 0 fully saturated rings. The molecule has 0 unspecified atom stereocenters. The van der Waals surface area contributed by atoms with Gasteiger partial charge in [-0.05, 0) is 31.6 Å². The third kappa shape index (κ3) is 3.63. The van der Waals surface area contributed by atoms with E-state index in [0.29, 0.717) is 18.8 Å². The number of rotatable bonds is 7. The molecule has 0 aliphatic rings. The van der Waals surface area contributed by atoms with Gasteiger partial charge in [0, 0.05) is 11.9 Å². The van der Waals surface area contributed by atoms with Crippen molar-refractivity contribution < 1.29 is 4.79 Å². The highest BCUT2D eigenvalue weighted by Gasteiger charge is 2.16. The first-order valence-electron chi connectivity index (χ1n) is 8.22. The van der Waals surface area contributed by atoms with Gasteiger partial charge in [0.15, 0.2) is 5.69 Å². The molecule has 5 heteroatoms. The summed E-state index contributed by atoms with van der Waals surface area (Å²) in [6.45, 7) is 2.16. The molecule has 3 aromatic rings. The number of nitrogens with zero attached hydrogens (tertiary/aromatic N) is 2. The van der Waals surface area contributed by atoms with E-state index in [1.54, 1.807) is 0 Å². The SMILES string of the molecule is CNCCCNC(=O)c1nn(Cc2ccccc2)c2ccccc12. The van der Waals surface area contributed by atoms with Crippen molar-refractivity contribution in [2.45, 2.75) is 13.0 Å². The van der Waals surface area contributed by atoms with Gasteiger partial charge in [0.1, 0.15) is 0 Å². The Hall–Kier alpha value is -2.66. The standard InChI is InChI=1S/C19H22N4O/c1-20-12-7-13-21-19(24)18-16-10-5-6-11-17(16)23(22-18)14-15-8-3-2-4-9-15/h2-6,8-11,20H,7,12-14H2,1H3,(H,21,24). The molecule has 0 aliphatic heterocycles. The van der Waals surface area contributed by atoms with Gasteiger partial charge in [-0.2, -0.15) is 5.10 Å². The lowest BCUT2D eigenvalue weighted by Crippen LogP contribution is -2.27. The summed E-state index contributed by atoms with van der Waals surface area (Å²) in [5.74, 6) is -0.117. The van der Waals surface area contributed by atoms with Crippen LogP contribution in [0.5, 0.6) is 0 Å². The molecule has 2 N–H and O–H groups in total. The van der Waals surface area contributed by atoms with Crippen LogP contribution in [0.15, 0.2) is 54.6 Å². The highest BCUT2D eigenvalue weighted by atomic mass is 16.1. The van der Waals surface area contributed by atoms with Crippen molar-refractivity contribution in [1.29, 1.82) is 0 Å². The minimum Gasteiger partial charge on any atom is -0.351 e. The van der Waals surface area contributed by atoms with Crippen LogP contribution in [0.1, 0.15) is 22.5 Å². The zero-order chi connectivity index (χ0) is 16.8. The largest absolute Gasteiger partial charge is 0.351 e. The smallest absolute Gasteiger partial charge is 0.272 e. The summed E-state index contributed by atoms with van der Waals surface area (Å²) >= 11 is 0. The molecule has 3 rings (SSSR count). The summed E-state index contributed by atoms with van der Waals surface area (Å²) < 4.78 is 1.90. The lowest BCUT2D eigenvalue weighted by Gasteiger charge is -2.04. The Bertz CT molecular complexity index is 811.